The normalized spacial score (nSPS) is 14.7. The van der Waals surface area contributed by atoms with Crippen LogP contribution in [0.5, 0.6) is 5.75 Å². The molecule has 1 fully saturated rings. The summed E-state index contributed by atoms with van der Waals surface area (Å²) >= 11 is 3.62. The fraction of sp³-hybridized carbons (Fsp3) is 0.351. The molecule has 0 atom stereocenters. The molecule has 0 spiro atoms. The summed E-state index contributed by atoms with van der Waals surface area (Å²) < 4.78 is 28.0. The maximum absolute atomic E-state index is 13.6. The van der Waals surface area contributed by atoms with Crippen molar-refractivity contribution in [3.63, 3.8) is 0 Å². The van der Waals surface area contributed by atoms with E-state index in [1.807, 2.05) is 76.6 Å². The van der Waals surface area contributed by atoms with Gasteiger partial charge in [-0.05, 0) is 72.9 Å². The zero-order chi connectivity index (χ0) is 36.1. The van der Waals surface area contributed by atoms with E-state index in [9.17, 15) is 9.36 Å². The number of aryl methyl sites for hydroxylation is 1. The Morgan fingerprint density at radius 3 is 2.49 bits per heavy atom. The van der Waals surface area contributed by atoms with E-state index < -0.39 is 12.7 Å². The van der Waals surface area contributed by atoms with Crippen LogP contribution in [-0.2, 0) is 22.8 Å². The summed E-state index contributed by atoms with van der Waals surface area (Å²) in [5.41, 5.74) is 5.05. The highest BCUT2D eigenvalue weighted by Crippen LogP contribution is 2.48. The highest BCUT2D eigenvalue weighted by atomic mass is 79.9. The number of rotatable bonds is 7. The average molecular weight is 774 g/mol. The second kappa shape index (κ2) is 13.5. The van der Waals surface area contributed by atoms with E-state index in [2.05, 4.69) is 47.6 Å². The Labute approximate surface area is 306 Å². The van der Waals surface area contributed by atoms with Crippen LogP contribution < -0.4 is 25.6 Å². The van der Waals surface area contributed by atoms with Gasteiger partial charge in [0.25, 0.3) is 0 Å². The van der Waals surface area contributed by atoms with Crippen molar-refractivity contribution in [3.05, 3.63) is 71.1 Å². The summed E-state index contributed by atoms with van der Waals surface area (Å²) in [5, 5.41) is 14.1. The van der Waals surface area contributed by atoms with E-state index in [1.54, 1.807) is 29.1 Å². The molecule has 2 aromatic heterocycles. The van der Waals surface area contributed by atoms with Crippen LogP contribution in [0.1, 0.15) is 26.3 Å². The van der Waals surface area contributed by atoms with Crippen molar-refractivity contribution in [1.82, 2.24) is 24.6 Å². The maximum atomic E-state index is 13.6. The van der Waals surface area contributed by atoms with Gasteiger partial charge in [0.1, 0.15) is 24.3 Å². The summed E-state index contributed by atoms with van der Waals surface area (Å²) in [5.74, 6) is 1.65. The highest BCUT2D eigenvalue weighted by molar-refractivity contribution is 9.10. The third-order valence-electron chi connectivity index (χ3n) is 8.89. The van der Waals surface area contributed by atoms with Crippen molar-refractivity contribution >= 4 is 74.1 Å². The molecule has 51 heavy (non-hydrogen) atoms. The zero-order valence-corrected chi connectivity index (χ0v) is 32.1. The fourth-order valence-electron chi connectivity index (χ4n) is 6.74. The molecule has 7 rings (SSSR count). The maximum Gasteiger partial charge on any atom is 0.410 e. The van der Waals surface area contributed by atoms with Crippen LogP contribution in [0.2, 0.25) is 0 Å². The second-order valence-electron chi connectivity index (χ2n) is 14.3. The molecule has 3 aromatic carbocycles. The number of hydrogen-bond acceptors (Lipinski definition) is 10. The molecule has 2 aliphatic rings. The predicted molar refractivity (Wildman–Crippen MR) is 207 cm³/mol. The van der Waals surface area contributed by atoms with E-state index in [-0.39, 0.29) is 6.09 Å². The lowest BCUT2D eigenvalue weighted by molar-refractivity contribution is 0.0240. The molecule has 266 valence electrons. The number of nitrogens with one attached hydrogen (secondary N) is 2. The molecule has 0 unspecified atom stereocenters. The number of fused-ring (bicyclic) bond motifs is 2. The Balaban J connectivity index is 1.22. The highest BCUT2D eigenvalue weighted by Gasteiger charge is 2.32. The minimum atomic E-state index is -2.69. The summed E-state index contributed by atoms with van der Waals surface area (Å²) in [6, 6.07) is 14.0. The van der Waals surface area contributed by atoms with Crippen LogP contribution >= 0.6 is 23.1 Å². The van der Waals surface area contributed by atoms with Crippen molar-refractivity contribution in [3.8, 4) is 16.9 Å². The Bertz CT molecular complexity index is 2190. The van der Waals surface area contributed by atoms with Gasteiger partial charge in [0, 0.05) is 74.0 Å². The van der Waals surface area contributed by atoms with Crippen molar-refractivity contribution in [2.45, 2.75) is 32.8 Å². The van der Waals surface area contributed by atoms with E-state index >= 15 is 0 Å². The predicted octanol–water partition coefficient (Wildman–Crippen LogP) is 7.52. The molecule has 4 heterocycles. The van der Waals surface area contributed by atoms with Gasteiger partial charge in [-0.1, -0.05) is 30.3 Å². The summed E-state index contributed by atoms with van der Waals surface area (Å²) in [6.45, 7) is 12.1. The minimum absolute atomic E-state index is 0.290. The monoisotopic (exact) mass is 772 g/mol. The number of hydrogen-bond donors (Lipinski definition) is 2. The third-order valence-corrected chi connectivity index (χ3v) is 11.0. The molecule has 0 radical (unpaired) electrons. The number of carbonyl (C=O) groups is 1. The third kappa shape index (κ3) is 7.27. The largest absolute Gasteiger partial charge is 0.491 e. The molecular weight excluding hydrogens is 731 g/mol. The van der Waals surface area contributed by atoms with E-state index in [0.717, 1.165) is 62.0 Å². The number of carbonyl (C=O) groups excluding carboxylic acids is 1. The summed E-state index contributed by atoms with van der Waals surface area (Å²) in [4.78, 5) is 26.4. The van der Waals surface area contributed by atoms with Gasteiger partial charge >= 0.3 is 6.09 Å². The lowest BCUT2D eigenvalue weighted by Gasteiger charge is -2.38. The molecule has 12 nitrogen and oxygen atoms in total. The number of ether oxygens (including phenoxy) is 2. The van der Waals surface area contributed by atoms with Gasteiger partial charge in [-0.15, -0.1) is 0 Å². The Hall–Kier alpha value is -4.61. The Kier molecular flexibility index (Phi) is 9.22. The number of amides is 1. The van der Waals surface area contributed by atoms with Gasteiger partial charge in [0.2, 0.25) is 5.95 Å². The first kappa shape index (κ1) is 34.8. The van der Waals surface area contributed by atoms with Crippen molar-refractivity contribution in [2.75, 3.05) is 61.6 Å². The Morgan fingerprint density at radius 2 is 1.78 bits per heavy atom. The van der Waals surface area contributed by atoms with Gasteiger partial charge in [0.05, 0.1) is 34.3 Å². The SMILES string of the molecule is Cn1cc(-c2cc(Nc3ncc(Br)c(Nc4ccc5ccccc5c4P(C)(C)=O)n3)c3c(c2N2CCN(C(=O)OC(C)(C)C)CC2)CCO3)cn1. The first-order valence-electron chi connectivity index (χ1n) is 16.9. The Morgan fingerprint density at radius 1 is 1.02 bits per heavy atom. The van der Waals surface area contributed by atoms with E-state index in [4.69, 9.17) is 14.5 Å². The molecular formula is C37H42BrN8O4P. The number of nitrogens with zero attached hydrogens (tertiary/aromatic N) is 6. The lowest BCUT2D eigenvalue weighted by atomic mass is 9.97. The van der Waals surface area contributed by atoms with E-state index in [0.29, 0.717) is 49.0 Å². The fourth-order valence-corrected chi connectivity index (χ4v) is 8.52. The average Bonchev–Trinajstić information content (AvgIpc) is 3.74. The zero-order valence-electron chi connectivity index (χ0n) is 29.7. The quantitative estimate of drug-likeness (QED) is 0.161. The first-order valence-corrected chi connectivity index (χ1v) is 20.3. The van der Waals surface area contributed by atoms with Crippen LogP contribution in [0.3, 0.4) is 0 Å². The molecule has 0 bridgehead atoms. The van der Waals surface area contributed by atoms with Crippen LogP contribution in [0.25, 0.3) is 21.9 Å². The molecule has 2 N–H and O–H groups in total. The molecule has 0 aliphatic carbocycles. The van der Waals surface area contributed by atoms with Crippen LogP contribution in [0.15, 0.2) is 65.5 Å². The smallest absolute Gasteiger partial charge is 0.410 e. The number of benzene rings is 3. The summed E-state index contributed by atoms with van der Waals surface area (Å²) in [7, 11) is -0.783. The van der Waals surface area contributed by atoms with Crippen LogP contribution in [0.4, 0.5) is 33.6 Å². The van der Waals surface area contributed by atoms with Gasteiger partial charge in [-0.2, -0.15) is 10.1 Å². The van der Waals surface area contributed by atoms with Crippen LogP contribution in [0, 0.1) is 0 Å². The van der Waals surface area contributed by atoms with Crippen LogP contribution in [-0.4, -0.2) is 82.5 Å². The standard InChI is InChI=1S/C37H42BrN8O4P/c1-37(2,3)50-36(47)46-16-14-45(15-17-46)31-26-13-18-49-32(26)30(19-27(31)24-20-40-44(4)22-24)42-35-39-21-28(38)34(43-35)41-29-12-11-23-9-7-8-10-25(23)33(29)51(5,6)48/h7-12,19-22H,13-18H2,1-6H3,(H2,39,41,42,43). The van der Waals surface area contributed by atoms with Gasteiger partial charge in [0.15, 0.2) is 0 Å². The second-order valence-corrected chi connectivity index (χ2v) is 18.3. The van der Waals surface area contributed by atoms with Crippen molar-refractivity contribution < 1.29 is 18.8 Å². The molecule has 2 aliphatic heterocycles. The first-order chi connectivity index (χ1) is 24.2. The number of piperazine rings is 1. The molecule has 14 heteroatoms. The van der Waals surface area contributed by atoms with Gasteiger partial charge < -0.3 is 34.5 Å². The van der Waals surface area contributed by atoms with Crippen molar-refractivity contribution in [2.24, 2.45) is 7.05 Å². The van der Waals surface area contributed by atoms with Gasteiger partial charge in [-0.25, -0.2) is 9.78 Å². The molecule has 1 saturated heterocycles. The minimum Gasteiger partial charge on any atom is -0.491 e. The lowest BCUT2D eigenvalue weighted by Crippen LogP contribution is -2.50. The number of halogens is 1. The number of aromatic nitrogens is 4. The molecule has 1 amide bonds. The summed E-state index contributed by atoms with van der Waals surface area (Å²) in [6.07, 6.45) is 5.99. The van der Waals surface area contributed by atoms with E-state index in [1.165, 1.54) is 0 Å². The van der Waals surface area contributed by atoms with Gasteiger partial charge in [-0.3, -0.25) is 4.68 Å². The number of anilines is 5. The molecule has 5 aromatic rings. The van der Waals surface area contributed by atoms with Crippen molar-refractivity contribution in [1.29, 1.82) is 0 Å². The molecule has 0 saturated carbocycles. The topological polar surface area (TPSA) is 127 Å².